The Bertz CT molecular complexity index is 384. The molecule has 0 aliphatic carbocycles. The van der Waals surface area contributed by atoms with Crippen LogP contribution >= 0.6 is 11.3 Å². The van der Waals surface area contributed by atoms with Gasteiger partial charge in [0.05, 0.1) is 18.1 Å². The van der Waals surface area contributed by atoms with Gasteiger partial charge in [0, 0.05) is 18.0 Å². The molecule has 2 heterocycles. The summed E-state index contributed by atoms with van der Waals surface area (Å²) in [6.07, 6.45) is 3.47. The molecule has 2 rings (SSSR count). The highest BCUT2D eigenvalue weighted by Crippen LogP contribution is 2.19. The third-order valence-electron chi connectivity index (χ3n) is 1.71. The summed E-state index contributed by atoms with van der Waals surface area (Å²) >= 11 is 1.66. The van der Waals surface area contributed by atoms with Crippen LogP contribution in [0.5, 0.6) is 0 Å². The van der Waals surface area contributed by atoms with E-state index in [1.54, 1.807) is 23.7 Å². The predicted octanol–water partition coefficient (Wildman–Crippen LogP) is 2.25. The van der Waals surface area contributed by atoms with Gasteiger partial charge >= 0.3 is 0 Å². The van der Waals surface area contributed by atoms with E-state index in [-0.39, 0.29) is 0 Å². The average Bonchev–Trinajstić information content (AvgIpc) is 2.71. The SMILES string of the molecule is CNc1cncc(-c2ccsc2)n1. The van der Waals surface area contributed by atoms with Crippen LogP contribution in [0.4, 0.5) is 5.82 Å². The molecule has 13 heavy (non-hydrogen) atoms. The average molecular weight is 191 g/mol. The van der Waals surface area contributed by atoms with Crippen LogP contribution in [0.25, 0.3) is 11.3 Å². The molecular weight excluding hydrogens is 182 g/mol. The van der Waals surface area contributed by atoms with Crippen molar-refractivity contribution in [3.05, 3.63) is 29.2 Å². The molecule has 0 fully saturated rings. The largest absolute Gasteiger partial charge is 0.372 e. The smallest absolute Gasteiger partial charge is 0.144 e. The first-order valence-corrected chi connectivity index (χ1v) is 4.87. The van der Waals surface area contributed by atoms with Crippen LogP contribution in [0, 0.1) is 0 Å². The normalized spacial score (nSPS) is 9.92. The minimum Gasteiger partial charge on any atom is -0.372 e. The van der Waals surface area contributed by atoms with Crippen molar-refractivity contribution >= 4 is 17.2 Å². The van der Waals surface area contributed by atoms with Gasteiger partial charge in [0.25, 0.3) is 0 Å². The van der Waals surface area contributed by atoms with Gasteiger partial charge in [-0.3, -0.25) is 4.98 Å². The maximum Gasteiger partial charge on any atom is 0.144 e. The molecular formula is C9H9N3S. The van der Waals surface area contributed by atoms with Crippen LogP contribution in [0.15, 0.2) is 29.2 Å². The molecule has 0 spiro atoms. The lowest BCUT2D eigenvalue weighted by Crippen LogP contribution is -1.94. The maximum atomic E-state index is 4.37. The molecule has 3 nitrogen and oxygen atoms in total. The number of hydrogen-bond acceptors (Lipinski definition) is 4. The zero-order chi connectivity index (χ0) is 9.10. The van der Waals surface area contributed by atoms with Gasteiger partial charge in [0.15, 0.2) is 0 Å². The van der Waals surface area contributed by atoms with Gasteiger partial charge in [0.2, 0.25) is 0 Å². The van der Waals surface area contributed by atoms with Gasteiger partial charge in [-0.1, -0.05) is 0 Å². The Morgan fingerprint density at radius 2 is 2.31 bits per heavy atom. The summed E-state index contributed by atoms with van der Waals surface area (Å²) in [6, 6.07) is 2.04. The summed E-state index contributed by atoms with van der Waals surface area (Å²) in [5.41, 5.74) is 2.03. The topological polar surface area (TPSA) is 37.8 Å². The second-order valence-electron chi connectivity index (χ2n) is 2.55. The Hall–Kier alpha value is -1.42. The second-order valence-corrected chi connectivity index (χ2v) is 3.33. The van der Waals surface area contributed by atoms with Crippen molar-refractivity contribution in [2.45, 2.75) is 0 Å². The van der Waals surface area contributed by atoms with Crippen molar-refractivity contribution in [2.75, 3.05) is 12.4 Å². The first-order valence-electron chi connectivity index (χ1n) is 3.92. The molecule has 1 N–H and O–H groups in total. The fraction of sp³-hybridized carbons (Fsp3) is 0.111. The molecule has 0 aliphatic rings. The van der Waals surface area contributed by atoms with Gasteiger partial charge in [-0.25, -0.2) is 4.98 Å². The van der Waals surface area contributed by atoms with E-state index in [0.29, 0.717) is 0 Å². The Morgan fingerprint density at radius 3 is 3.00 bits per heavy atom. The highest BCUT2D eigenvalue weighted by atomic mass is 32.1. The molecule has 0 aliphatic heterocycles. The van der Waals surface area contributed by atoms with Crippen LogP contribution < -0.4 is 5.32 Å². The second kappa shape index (κ2) is 3.53. The summed E-state index contributed by atoms with van der Waals surface area (Å²) in [5, 5.41) is 7.05. The van der Waals surface area contributed by atoms with Gasteiger partial charge in [-0.05, 0) is 11.4 Å². The van der Waals surface area contributed by atoms with E-state index in [0.717, 1.165) is 17.1 Å². The third-order valence-corrected chi connectivity index (χ3v) is 2.39. The third kappa shape index (κ3) is 1.67. The molecule has 66 valence electrons. The fourth-order valence-electron chi connectivity index (χ4n) is 1.04. The first kappa shape index (κ1) is 8.19. The molecule has 0 bridgehead atoms. The summed E-state index contributed by atoms with van der Waals surface area (Å²) in [5.74, 6) is 0.795. The van der Waals surface area contributed by atoms with E-state index >= 15 is 0 Å². The van der Waals surface area contributed by atoms with Crippen molar-refractivity contribution in [1.82, 2.24) is 9.97 Å². The minimum absolute atomic E-state index is 0.795. The lowest BCUT2D eigenvalue weighted by molar-refractivity contribution is 1.19. The predicted molar refractivity (Wildman–Crippen MR) is 54.9 cm³/mol. The van der Waals surface area contributed by atoms with Crippen molar-refractivity contribution in [3.8, 4) is 11.3 Å². The summed E-state index contributed by atoms with van der Waals surface area (Å²) in [6.45, 7) is 0. The van der Waals surface area contributed by atoms with Crippen LogP contribution in [0.2, 0.25) is 0 Å². The molecule has 0 unspecified atom stereocenters. The van der Waals surface area contributed by atoms with Crippen LogP contribution in [0.1, 0.15) is 0 Å². The number of aromatic nitrogens is 2. The van der Waals surface area contributed by atoms with Crippen LogP contribution in [-0.4, -0.2) is 17.0 Å². The van der Waals surface area contributed by atoms with Gasteiger partial charge in [-0.15, -0.1) is 0 Å². The minimum atomic E-state index is 0.795. The lowest BCUT2D eigenvalue weighted by atomic mass is 10.2. The molecule has 0 aromatic carbocycles. The Labute approximate surface area is 80.5 Å². The van der Waals surface area contributed by atoms with Crippen molar-refractivity contribution in [2.24, 2.45) is 0 Å². The van der Waals surface area contributed by atoms with Crippen molar-refractivity contribution in [1.29, 1.82) is 0 Å². The van der Waals surface area contributed by atoms with E-state index in [4.69, 9.17) is 0 Å². The van der Waals surface area contributed by atoms with E-state index in [1.807, 2.05) is 18.5 Å². The zero-order valence-corrected chi connectivity index (χ0v) is 8.01. The highest BCUT2D eigenvalue weighted by Gasteiger charge is 2.00. The van der Waals surface area contributed by atoms with Crippen LogP contribution in [0.3, 0.4) is 0 Å². The highest BCUT2D eigenvalue weighted by molar-refractivity contribution is 7.08. The monoisotopic (exact) mass is 191 g/mol. The van der Waals surface area contributed by atoms with E-state index < -0.39 is 0 Å². The molecule has 4 heteroatoms. The molecule has 2 aromatic heterocycles. The number of nitrogens with zero attached hydrogens (tertiary/aromatic N) is 2. The lowest BCUT2D eigenvalue weighted by Gasteiger charge is -2.00. The van der Waals surface area contributed by atoms with E-state index in [9.17, 15) is 0 Å². The summed E-state index contributed by atoms with van der Waals surface area (Å²) in [4.78, 5) is 8.46. The number of nitrogens with one attached hydrogen (secondary N) is 1. The first-order chi connectivity index (χ1) is 6.40. The number of rotatable bonds is 2. The Morgan fingerprint density at radius 1 is 1.38 bits per heavy atom. The Kier molecular flexibility index (Phi) is 2.23. The Balaban J connectivity index is 2.41. The summed E-state index contributed by atoms with van der Waals surface area (Å²) < 4.78 is 0. The molecule has 0 saturated carbocycles. The zero-order valence-electron chi connectivity index (χ0n) is 7.19. The number of anilines is 1. The fourth-order valence-corrected chi connectivity index (χ4v) is 1.69. The number of thiophene rings is 1. The number of hydrogen-bond donors (Lipinski definition) is 1. The van der Waals surface area contributed by atoms with Crippen molar-refractivity contribution < 1.29 is 0 Å². The maximum absolute atomic E-state index is 4.37. The van der Waals surface area contributed by atoms with E-state index in [2.05, 4.69) is 20.7 Å². The van der Waals surface area contributed by atoms with Crippen LogP contribution in [-0.2, 0) is 0 Å². The summed E-state index contributed by atoms with van der Waals surface area (Å²) in [7, 11) is 1.83. The molecule has 2 aromatic rings. The van der Waals surface area contributed by atoms with Gasteiger partial charge in [-0.2, -0.15) is 11.3 Å². The van der Waals surface area contributed by atoms with E-state index in [1.165, 1.54) is 0 Å². The molecule has 0 atom stereocenters. The molecule has 0 saturated heterocycles. The van der Waals surface area contributed by atoms with Gasteiger partial charge in [0.1, 0.15) is 5.82 Å². The van der Waals surface area contributed by atoms with Gasteiger partial charge < -0.3 is 5.32 Å². The molecule has 0 amide bonds. The van der Waals surface area contributed by atoms with Crippen molar-refractivity contribution in [3.63, 3.8) is 0 Å². The molecule has 0 radical (unpaired) electrons. The standard InChI is InChI=1S/C9H9N3S/c1-10-9-5-11-4-8(12-9)7-2-3-13-6-7/h2-6H,1H3,(H,10,12). The quantitative estimate of drug-likeness (QED) is 0.791.